The van der Waals surface area contributed by atoms with E-state index in [4.69, 9.17) is 18.0 Å². The lowest BCUT2D eigenvalue weighted by Gasteiger charge is -2.40. The molecule has 3 N–H and O–H groups in total. The number of nitrogens with two attached hydrogens (primary N) is 1. The van der Waals surface area contributed by atoms with Crippen LogP contribution in [0.15, 0.2) is 0 Å². The van der Waals surface area contributed by atoms with Crippen molar-refractivity contribution in [3.05, 3.63) is 0 Å². The van der Waals surface area contributed by atoms with Crippen LogP contribution >= 0.6 is 12.2 Å². The molecule has 19 heavy (non-hydrogen) atoms. The summed E-state index contributed by atoms with van der Waals surface area (Å²) in [6.45, 7) is 0. The van der Waals surface area contributed by atoms with Gasteiger partial charge in [-0.3, -0.25) is 19.3 Å². The van der Waals surface area contributed by atoms with Gasteiger partial charge in [-0.05, 0) is 19.3 Å². The van der Waals surface area contributed by atoms with E-state index in [-0.39, 0.29) is 29.1 Å². The number of likely N-dealkylation sites (N-methyl/N-ethyl adjacent to an activating group) is 1. The molecular formula is C12H17N3O3S. The fourth-order valence-electron chi connectivity index (χ4n) is 2.46. The van der Waals surface area contributed by atoms with Crippen LogP contribution in [0.4, 0.5) is 0 Å². The van der Waals surface area contributed by atoms with Gasteiger partial charge in [-0.2, -0.15) is 0 Å². The minimum Gasteiger partial charge on any atom is -0.392 e. The van der Waals surface area contributed by atoms with Crippen LogP contribution in [0.1, 0.15) is 32.1 Å². The molecule has 7 heteroatoms. The van der Waals surface area contributed by atoms with E-state index in [1.165, 1.54) is 7.05 Å². The van der Waals surface area contributed by atoms with E-state index in [2.05, 4.69) is 5.32 Å². The predicted octanol–water partition coefficient (Wildman–Crippen LogP) is -0.294. The molecule has 1 aliphatic heterocycles. The fraction of sp³-hybridized carbons (Fsp3) is 0.667. The number of hydrogen-bond acceptors (Lipinski definition) is 4. The Balaban J connectivity index is 2.05. The fourth-order valence-corrected chi connectivity index (χ4v) is 2.76. The smallest absolute Gasteiger partial charge is 0.251 e. The summed E-state index contributed by atoms with van der Waals surface area (Å²) in [5.41, 5.74) is 4.85. The van der Waals surface area contributed by atoms with Crippen LogP contribution in [-0.4, -0.2) is 40.7 Å². The lowest BCUT2D eigenvalue weighted by molar-refractivity contribution is -0.150. The average molecular weight is 283 g/mol. The number of nitrogens with one attached hydrogen (secondary N) is 1. The van der Waals surface area contributed by atoms with Crippen molar-refractivity contribution >= 4 is 34.9 Å². The Morgan fingerprint density at radius 2 is 2.11 bits per heavy atom. The van der Waals surface area contributed by atoms with Gasteiger partial charge >= 0.3 is 0 Å². The highest BCUT2D eigenvalue weighted by Crippen LogP contribution is 2.41. The van der Waals surface area contributed by atoms with Crippen LogP contribution in [0.25, 0.3) is 0 Å². The second kappa shape index (κ2) is 4.88. The van der Waals surface area contributed by atoms with Crippen LogP contribution in [-0.2, 0) is 14.4 Å². The number of nitrogens with zero attached hydrogens (tertiary/aromatic N) is 1. The Hall–Kier alpha value is -1.50. The third-order valence-corrected chi connectivity index (χ3v) is 4.46. The molecule has 2 fully saturated rings. The largest absolute Gasteiger partial charge is 0.392 e. The molecule has 1 saturated carbocycles. The molecule has 1 heterocycles. The zero-order valence-corrected chi connectivity index (χ0v) is 11.6. The van der Waals surface area contributed by atoms with Crippen LogP contribution in [0.2, 0.25) is 0 Å². The predicted molar refractivity (Wildman–Crippen MR) is 72.0 cm³/mol. The molecule has 1 unspecified atom stereocenters. The van der Waals surface area contributed by atoms with Crippen molar-refractivity contribution < 1.29 is 14.4 Å². The molecule has 0 aromatic rings. The van der Waals surface area contributed by atoms with Gasteiger partial charge in [0.15, 0.2) is 0 Å². The number of rotatable bonds is 3. The van der Waals surface area contributed by atoms with Gasteiger partial charge in [-0.25, -0.2) is 0 Å². The summed E-state index contributed by atoms with van der Waals surface area (Å²) in [5.74, 6) is -0.877. The minimum atomic E-state index is -0.796. The van der Waals surface area contributed by atoms with E-state index in [9.17, 15) is 14.4 Å². The first-order valence-corrected chi connectivity index (χ1v) is 6.70. The lowest BCUT2D eigenvalue weighted by Crippen LogP contribution is -2.59. The van der Waals surface area contributed by atoms with Crippen molar-refractivity contribution in [1.29, 1.82) is 0 Å². The van der Waals surface area contributed by atoms with Gasteiger partial charge in [-0.15, -0.1) is 0 Å². The molecule has 0 aromatic heterocycles. The van der Waals surface area contributed by atoms with Crippen molar-refractivity contribution in [3.63, 3.8) is 0 Å². The summed E-state index contributed by atoms with van der Waals surface area (Å²) in [6, 6.07) is -0.651. The quantitative estimate of drug-likeness (QED) is 0.548. The molecule has 0 aromatic carbocycles. The maximum absolute atomic E-state index is 12.3. The topological polar surface area (TPSA) is 92.5 Å². The first kappa shape index (κ1) is 13.9. The van der Waals surface area contributed by atoms with Crippen molar-refractivity contribution in [1.82, 2.24) is 10.2 Å². The number of amides is 3. The minimum absolute atomic E-state index is 0.184. The second-order valence-corrected chi connectivity index (χ2v) is 5.60. The highest BCUT2D eigenvalue weighted by molar-refractivity contribution is 7.80. The number of piperidine rings is 1. The van der Waals surface area contributed by atoms with Gasteiger partial charge in [0.2, 0.25) is 11.8 Å². The SMILES string of the molecule is CN1C(=O)CCC(NC(=O)C2(C(N)=S)CCC2)C1=O. The number of thiocarbonyl (C=S) groups is 1. The standard InChI is InChI=1S/C12H17N3O3S/c1-15-8(16)4-3-7(9(15)17)14-11(18)12(10(13)19)5-2-6-12/h7H,2-6H2,1H3,(H2,13,19)(H,14,18). The van der Waals surface area contributed by atoms with Crippen molar-refractivity contribution in [2.24, 2.45) is 11.1 Å². The highest BCUT2D eigenvalue weighted by atomic mass is 32.1. The highest BCUT2D eigenvalue weighted by Gasteiger charge is 2.48. The van der Waals surface area contributed by atoms with Crippen LogP contribution in [0.5, 0.6) is 0 Å². The molecule has 0 radical (unpaired) electrons. The Morgan fingerprint density at radius 1 is 1.47 bits per heavy atom. The van der Waals surface area contributed by atoms with Crippen LogP contribution in [0, 0.1) is 5.41 Å². The van der Waals surface area contributed by atoms with Gasteiger partial charge < -0.3 is 11.1 Å². The molecule has 2 rings (SSSR count). The zero-order chi connectivity index (χ0) is 14.2. The number of carbonyl (C=O) groups excluding carboxylic acids is 3. The molecular weight excluding hydrogens is 266 g/mol. The van der Waals surface area contributed by atoms with E-state index in [0.717, 1.165) is 11.3 Å². The van der Waals surface area contributed by atoms with E-state index < -0.39 is 11.5 Å². The molecule has 0 spiro atoms. The Kier molecular flexibility index (Phi) is 3.58. The Labute approximate surface area is 116 Å². The first-order valence-electron chi connectivity index (χ1n) is 6.30. The van der Waals surface area contributed by atoms with Crippen molar-refractivity contribution in [2.45, 2.75) is 38.1 Å². The average Bonchev–Trinajstić information content (AvgIpc) is 2.28. The van der Waals surface area contributed by atoms with Crippen LogP contribution < -0.4 is 11.1 Å². The normalized spacial score (nSPS) is 25.7. The van der Waals surface area contributed by atoms with Crippen molar-refractivity contribution in [2.75, 3.05) is 7.05 Å². The van der Waals surface area contributed by atoms with E-state index in [1.54, 1.807) is 0 Å². The molecule has 1 saturated heterocycles. The summed E-state index contributed by atoms with van der Waals surface area (Å²) in [7, 11) is 1.43. The molecule has 3 amide bonds. The summed E-state index contributed by atoms with van der Waals surface area (Å²) >= 11 is 4.96. The first-order chi connectivity index (χ1) is 8.88. The third kappa shape index (κ3) is 2.22. The number of hydrogen-bond donors (Lipinski definition) is 2. The van der Waals surface area contributed by atoms with Gasteiger partial charge in [0.05, 0.1) is 10.4 Å². The summed E-state index contributed by atoms with van der Waals surface area (Å²) in [6.07, 6.45) is 2.75. The molecule has 1 atom stereocenters. The summed E-state index contributed by atoms with van der Waals surface area (Å²) in [5, 5.41) is 2.69. The maximum Gasteiger partial charge on any atom is 0.251 e. The van der Waals surface area contributed by atoms with Crippen molar-refractivity contribution in [3.8, 4) is 0 Å². The Morgan fingerprint density at radius 3 is 2.58 bits per heavy atom. The van der Waals surface area contributed by atoms with E-state index >= 15 is 0 Å². The third-order valence-electron chi connectivity index (χ3n) is 4.07. The Bertz CT molecular complexity index is 459. The molecule has 104 valence electrons. The molecule has 0 bridgehead atoms. The monoisotopic (exact) mass is 283 g/mol. The van der Waals surface area contributed by atoms with E-state index in [1.807, 2.05) is 0 Å². The number of imide groups is 1. The summed E-state index contributed by atoms with van der Waals surface area (Å²) in [4.78, 5) is 36.8. The lowest BCUT2D eigenvalue weighted by atomic mass is 9.68. The number of likely N-dealkylation sites (tertiary alicyclic amines) is 1. The van der Waals surface area contributed by atoms with Crippen LogP contribution in [0.3, 0.4) is 0 Å². The maximum atomic E-state index is 12.3. The van der Waals surface area contributed by atoms with Gasteiger partial charge in [0, 0.05) is 13.5 Å². The summed E-state index contributed by atoms with van der Waals surface area (Å²) < 4.78 is 0. The molecule has 1 aliphatic carbocycles. The number of carbonyl (C=O) groups is 3. The zero-order valence-electron chi connectivity index (χ0n) is 10.8. The second-order valence-electron chi connectivity index (χ2n) is 5.16. The molecule has 6 nitrogen and oxygen atoms in total. The van der Waals surface area contributed by atoms with Gasteiger partial charge in [0.1, 0.15) is 6.04 Å². The van der Waals surface area contributed by atoms with E-state index in [0.29, 0.717) is 19.3 Å². The molecule has 2 aliphatic rings. The van der Waals surface area contributed by atoms with Gasteiger partial charge in [-0.1, -0.05) is 18.6 Å². The van der Waals surface area contributed by atoms with Gasteiger partial charge in [0.25, 0.3) is 5.91 Å².